The van der Waals surface area contributed by atoms with Crippen molar-refractivity contribution in [1.82, 2.24) is 4.57 Å². The first-order chi connectivity index (χ1) is 21.6. The van der Waals surface area contributed by atoms with Crippen LogP contribution in [0.1, 0.15) is 70.9 Å². The van der Waals surface area contributed by atoms with E-state index in [2.05, 4.69) is 66.0 Å². The van der Waals surface area contributed by atoms with Gasteiger partial charge in [0.25, 0.3) is 0 Å². The number of hydrogen-bond acceptors (Lipinski definition) is 5. The SMILES string of the molecule is CC(=NO)c1ccc(-n2c3ccc(C(CC(C)C)=NO)cc3c3cc(C(=O)c4c(C)cc(C)cc4C)c4ccccc4c32)cc1. The number of aryl methyl sites for hydroxylation is 3. The summed E-state index contributed by atoms with van der Waals surface area (Å²) in [6, 6.07) is 28.3. The van der Waals surface area contributed by atoms with Crippen LogP contribution < -0.4 is 0 Å². The zero-order valence-electron chi connectivity index (χ0n) is 26.5. The minimum absolute atomic E-state index is 0.000640. The topological polar surface area (TPSA) is 87.2 Å². The molecule has 0 spiro atoms. The molecule has 1 heterocycles. The molecule has 0 saturated heterocycles. The van der Waals surface area contributed by atoms with Crippen molar-refractivity contribution in [3.63, 3.8) is 0 Å². The number of rotatable bonds is 7. The highest BCUT2D eigenvalue weighted by molar-refractivity contribution is 6.27. The number of hydrogen-bond donors (Lipinski definition) is 2. The quantitative estimate of drug-likeness (QED) is 0.0834. The Labute approximate surface area is 262 Å². The summed E-state index contributed by atoms with van der Waals surface area (Å²) in [5, 5.41) is 30.1. The third-order valence-corrected chi connectivity index (χ3v) is 8.66. The molecule has 0 atom stereocenters. The molecular weight excluding hydrogens is 558 g/mol. The van der Waals surface area contributed by atoms with Gasteiger partial charge in [0.1, 0.15) is 0 Å². The highest BCUT2D eigenvalue weighted by Gasteiger charge is 2.23. The molecule has 0 bridgehead atoms. The average molecular weight is 596 g/mol. The second kappa shape index (κ2) is 11.7. The minimum atomic E-state index is 0.000640. The Hall–Kier alpha value is -5.23. The van der Waals surface area contributed by atoms with Gasteiger partial charge in [-0.25, -0.2) is 0 Å². The number of carbonyl (C=O) groups is 1. The molecule has 1 aromatic heterocycles. The van der Waals surface area contributed by atoms with Crippen LogP contribution >= 0.6 is 0 Å². The number of benzene rings is 5. The molecule has 6 rings (SSSR count). The number of ketones is 1. The molecule has 0 amide bonds. The van der Waals surface area contributed by atoms with E-state index in [9.17, 15) is 15.2 Å². The van der Waals surface area contributed by atoms with Crippen LogP contribution in [0.15, 0.2) is 95.2 Å². The van der Waals surface area contributed by atoms with Crippen LogP contribution in [0, 0.1) is 26.7 Å². The molecule has 0 aliphatic heterocycles. The van der Waals surface area contributed by atoms with E-state index in [0.717, 1.165) is 71.6 Å². The molecule has 6 aromatic rings. The molecule has 5 aromatic carbocycles. The van der Waals surface area contributed by atoms with Crippen LogP contribution in [0.4, 0.5) is 0 Å². The van der Waals surface area contributed by atoms with Gasteiger partial charge in [0.2, 0.25) is 0 Å². The lowest BCUT2D eigenvalue weighted by molar-refractivity contribution is 0.103. The van der Waals surface area contributed by atoms with Crippen LogP contribution in [0.3, 0.4) is 0 Å². The van der Waals surface area contributed by atoms with Crippen molar-refractivity contribution in [1.29, 1.82) is 0 Å². The van der Waals surface area contributed by atoms with E-state index in [4.69, 9.17) is 0 Å². The number of nitrogens with zero attached hydrogens (tertiary/aromatic N) is 3. The van der Waals surface area contributed by atoms with Crippen molar-refractivity contribution in [3.05, 3.63) is 124 Å². The Kier molecular flexibility index (Phi) is 7.75. The van der Waals surface area contributed by atoms with Crippen molar-refractivity contribution in [2.75, 3.05) is 0 Å². The van der Waals surface area contributed by atoms with Gasteiger partial charge in [-0.3, -0.25) is 4.79 Å². The maximum Gasteiger partial charge on any atom is 0.194 e. The molecule has 226 valence electrons. The predicted molar refractivity (Wildman–Crippen MR) is 184 cm³/mol. The summed E-state index contributed by atoms with van der Waals surface area (Å²) < 4.78 is 2.22. The molecule has 6 nitrogen and oxygen atoms in total. The first-order valence-corrected chi connectivity index (χ1v) is 15.3. The summed E-state index contributed by atoms with van der Waals surface area (Å²) in [4.78, 5) is 14.5. The van der Waals surface area contributed by atoms with Gasteiger partial charge in [-0.15, -0.1) is 0 Å². The van der Waals surface area contributed by atoms with Crippen LogP contribution in [-0.4, -0.2) is 32.2 Å². The van der Waals surface area contributed by atoms with E-state index in [-0.39, 0.29) is 5.78 Å². The zero-order valence-corrected chi connectivity index (χ0v) is 26.5. The number of oxime groups is 2. The fraction of sp³-hybridized carbons (Fsp3) is 0.205. The van der Waals surface area contributed by atoms with Crippen molar-refractivity contribution in [2.45, 2.75) is 48.0 Å². The van der Waals surface area contributed by atoms with E-state index in [1.807, 2.05) is 68.4 Å². The molecule has 45 heavy (non-hydrogen) atoms. The number of aromatic nitrogens is 1. The molecule has 0 saturated carbocycles. The number of carbonyl (C=O) groups excluding carboxylic acids is 1. The molecule has 0 unspecified atom stereocenters. The fourth-order valence-corrected chi connectivity index (χ4v) is 6.69. The Bertz CT molecular complexity index is 2160. The maximum atomic E-state index is 14.5. The Balaban J connectivity index is 1.72. The van der Waals surface area contributed by atoms with E-state index in [1.54, 1.807) is 6.92 Å². The highest BCUT2D eigenvalue weighted by atomic mass is 16.4. The predicted octanol–water partition coefficient (Wildman–Crippen LogP) is 9.52. The van der Waals surface area contributed by atoms with E-state index >= 15 is 0 Å². The largest absolute Gasteiger partial charge is 0.411 e. The van der Waals surface area contributed by atoms with Gasteiger partial charge in [0.15, 0.2) is 5.78 Å². The summed E-state index contributed by atoms with van der Waals surface area (Å²) in [5.74, 6) is 0.312. The van der Waals surface area contributed by atoms with Crippen LogP contribution in [0.2, 0.25) is 0 Å². The third-order valence-electron chi connectivity index (χ3n) is 8.66. The standard InChI is InChI=1S/C39H37N3O3/c1-22(2)17-35(41-45)28-13-16-36-32(20-28)33-21-34(39(43)37-24(4)18-23(3)19-25(37)5)30-9-7-8-10-31(30)38(33)42(36)29-14-11-27(12-15-29)26(6)40-44/h7-16,18-22,44-45H,17H2,1-6H3. The number of fused-ring (bicyclic) bond motifs is 5. The third kappa shape index (κ3) is 5.16. The Morgan fingerprint density at radius 3 is 2.02 bits per heavy atom. The van der Waals surface area contributed by atoms with Gasteiger partial charge in [0, 0.05) is 38.5 Å². The van der Waals surface area contributed by atoms with E-state index in [0.29, 0.717) is 29.3 Å². The smallest absolute Gasteiger partial charge is 0.194 e. The highest BCUT2D eigenvalue weighted by Crippen LogP contribution is 2.40. The summed E-state index contributed by atoms with van der Waals surface area (Å²) in [6.07, 6.45) is 0.631. The summed E-state index contributed by atoms with van der Waals surface area (Å²) in [7, 11) is 0. The van der Waals surface area contributed by atoms with Crippen molar-refractivity contribution < 1.29 is 15.2 Å². The normalized spacial score (nSPS) is 12.6. The second-order valence-electron chi connectivity index (χ2n) is 12.4. The summed E-state index contributed by atoms with van der Waals surface area (Å²) in [5.41, 5.74) is 10.2. The lowest BCUT2D eigenvalue weighted by Gasteiger charge is -2.15. The van der Waals surface area contributed by atoms with Gasteiger partial charge in [-0.1, -0.05) is 84.3 Å². The molecule has 6 heteroatoms. The first-order valence-electron chi connectivity index (χ1n) is 15.3. The van der Waals surface area contributed by atoms with E-state index < -0.39 is 0 Å². The summed E-state index contributed by atoms with van der Waals surface area (Å²) in [6.45, 7) is 12.0. The van der Waals surface area contributed by atoms with Crippen molar-refractivity contribution >= 4 is 49.8 Å². The Morgan fingerprint density at radius 2 is 1.40 bits per heavy atom. The average Bonchev–Trinajstić information content (AvgIpc) is 3.36. The molecule has 0 fully saturated rings. The second-order valence-corrected chi connectivity index (χ2v) is 12.4. The molecule has 0 aliphatic rings. The summed E-state index contributed by atoms with van der Waals surface area (Å²) >= 11 is 0. The van der Waals surface area contributed by atoms with Crippen molar-refractivity contribution in [2.24, 2.45) is 16.2 Å². The lowest BCUT2D eigenvalue weighted by Crippen LogP contribution is -2.08. The molecule has 0 radical (unpaired) electrons. The van der Waals surface area contributed by atoms with Crippen LogP contribution in [-0.2, 0) is 0 Å². The molecule has 0 aliphatic carbocycles. The minimum Gasteiger partial charge on any atom is -0.411 e. The Morgan fingerprint density at radius 1 is 0.756 bits per heavy atom. The van der Waals surface area contributed by atoms with Gasteiger partial charge in [-0.05, 0) is 92.4 Å². The first kappa shape index (κ1) is 29.8. The van der Waals surface area contributed by atoms with Crippen LogP contribution in [0.5, 0.6) is 0 Å². The van der Waals surface area contributed by atoms with Crippen molar-refractivity contribution in [3.8, 4) is 5.69 Å². The van der Waals surface area contributed by atoms with Gasteiger partial charge in [0.05, 0.1) is 22.5 Å². The molecule has 2 N–H and O–H groups in total. The van der Waals surface area contributed by atoms with E-state index in [1.165, 1.54) is 0 Å². The fourth-order valence-electron chi connectivity index (χ4n) is 6.69. The molecular formula is C39H37N3O3. The van der Waals surface area contributed by atoms with Gasteiger partial charge >= 0.3 is 0 Å². The van der Waals surface area contributed by atoms with Crippen LogP contribution in [0.25, 0.3) is 38.3 Å². The maximum absolute atomic E-state index is 14.5. The van der Waals surface area contributed by atoms with Gasteiger partial charge < -0.3 is 15.0 Å². The monoisotopic (exact) mass is 595 g/mol. The lowest BCUT2D eigenvalue weighted by atomic mass is 9.89. The van der Waals surface area contributed by atoms with Gasteiger partial charge in [-0.2, -0.15) is 0 Å². The zero-order chi connectivity index (χ0) is 32.0.